The van der Waals surface area contributed by atoms with E-state index in [2.05, 4.69) is 20.6 Å². The number of urea groups is 1. The summed E-state index contributed by atoms with van der Waals surface area (Å²) in [6.45, 7) is 0. The molecule has 0 aliphatic rings. The maximum Gasteiger partial charge on any atom is 0.328 e. The first-order valence-electron chi connectivity index (χ1n) is 6.83. The SMILES string of the molecule is COc1cc(OC)nc(NC(=O)NC(=O)Cc2ccccc2F)n1. The summed E-state index contributed by atoms with van der Waals surface area (Å²) in [5.74, 6) is -0.951. The molecule has 0 saturated carbocycles. The third-order valence-corrected chi connectivity index (χ3v) is 2.88. The smallest absolute Gasteiger partial charge is 0.328 e. The van der Waals surface area contributed by atoms with Crippen molar-refractivity contribution in [1.82, 2.24) is 15.3 Å². The van der Waals surface area contributed by atoms with Crippen molar-refractivity contribution in [2.45, 2.75) is 6.42 Å². The van der Waals surface area contributed by atoms with Crippen molar-refractivity contribution in [2.24, 2.45) is 0 Å². The van der Waals surface area contributed by atoms with Crippen LogP contribution < -0.4 is 20.1 Å². The van der Waals surface area contributed by atoms with E-state index >= 15 is 0 Å². The first kappa shape index (κ1) is 17.1. The van der Waals surface area contributed by atoms with Crippen molar-refractivity contribution in [3.8, 4) is 11.8 Å². The fourth-order valence-corrected chi connectivity index (χ4v) is 1.79. The maximum absolute atomic E-state index is 13.5. The molecule has 9 heteroatoms. The van der Waals surface area contributed by atoms with Crippen molar-refractivity contribution < 1.29 is 23.5 Å². The van der Waals surface area contributed by atoms with Crippen molar-refractivity contribution in [2.75, 3.05) is 19.5 Å². The molecular formula is C15H15FN4O4. The maximum atomic E-state index is 13.5. The molecular weight excluding hydrogens is 319 g/mol. The molecule has 0 spiro atoms. The van der Waals surface area contributed by atoms with Gasteiger partial charge in [0, 0.05) is 0 Å². The number of amides is 3. The lowest BCUT2D eigenvalue weighted by Crippen LogP contribution is -2.36. The van der Waals surface area contributed by atoms with Gasteiger partial charge in [-0.15, -0.1) is 0 Å². The second kappa shape index (κ2) is 7.86. The summed E-state index contributed by atoms with van der Waals surface area (Å²) >= 11 is 0. The number of nitrogens with zero attached hydrogens (tertiary/aromatic N) is 2. The molecule has 1 heterocycles. The summed E-state index contributed by atoms with van der Waals surface area (Å²) in [4.78, 5) is 31.4. The summed E-state index contributed by atoms with van der Waals surface area (Å²) in [5.41, 5.74) is 0.182. The Morgan fingerprint density at radius 2 is 1.75 bits per heavy atom. The van der Waals surface area contributed by atoms with Crippen LogP contribution in [0.1, 0.15) is 5.56 Å². The van der Waals surface area contributed by atoms with E-state index in [0.717, 1.165) is 0 Å². The van der Waals surface area contributed by atoms with E-state index in [1.165, 1.54) is 38.5 Å². The first-order chi connectivity index (χ1) is 11.5. The van der Waals surface area contributed by atoms with E-state index in [1.54, 1.807) is 6.07 Å². The molecule has 8 nitrogen and oxygen atoms in total. The minimum absolute atomic E-state index is 0.109. The number of rotatable bonds is 5. The molecule has 0 fully saturated rings. The van der Waals surface area contributed by atoms with Crippen LogP contribution in [0.3, 0.4) is 0 Å². The molecule has 0 unspecified atom stereocenters. The Bertz CT molecular complexity index is 732. The number of carbonyl (C=O) groups excluding carboxylic acids is 2. The molecule has 2 N–H and O–H groups in total. The molecule has 1 aromatic heterocycles. The van der Waals surface area contributed by atoms with Gasteiger partial charge in [0.05, 0.1) is 26.7 Å². The number of imide groups is 1. The summed E-state index contributed by atoms with van der Waals surface area (Å²) in [6, 6.07) is 6.37. The zero-order valence-electron chi connectivity index (χ0n) is 13.0. The number of methoxy groups -OCH3 is 2. The van der Waals surface area contributed by atoms with Gasteiger partial charge in [-0.05, 0) is 11.6 Å². The van der Waals surface area contributed by atoms with Gasteiger partial charge in [0.1, 0.15) is 5.82 Å². The molecule has 2 aromatic rings. The van der Waals surface area contributed by atoms with Crippen LogP contribution in [0.2, 0.25) is 0 Å². The average molecular weight is 334 g/mol. The number of hydrogen-bond donors (Lipinski definition) is 2. The van der Waals surface area contributed by atoms with Crippen LogP contribution in [0, 0.1) is 5.82 Å². The summed E-state index contributed by atoms with van der Waals surface area (Å²) in [5, 5.41) is 4.34. The molecule has 0 radical (unpaired) electrons. The van der Waals surface area contributed by atoms with E-state index < -0.39 is 17.8 Å². The number of ether oxygens (including phenoxy) is 2. The first-order valence-corrected chi connectivity index (χ1v) is 6.83. The number of aromatic nitrogens is 2. The van der Waals surface area contributed by atoms with Gasteiger partial charge in [-0.1, -0.05) is 18.2 Å². The zero-order valence-corrected chi connectivity index (χ0v) is 13.0. The Kier molecular flexibility index (Phi) is 5.61. The Hall–Kier alpha value is -3.23. The highest BCUT2D eigenvalue weighted by Gasteiger charge is 2.13. The largest absolute Gasteiger partial charge is 0.481 e. The third-order valence-electron chi connectivity index (χ3n) is 2.88. The molecule has 2 rings (SSSR count). The fourth-order valence-electron chi connectivity index (χ4n) is 1.79. The Balaban J connectivity index is 1.98. The topological polar surface area (TPSA) is 102 Å². The van der Waals surface area contributed by atoms with E-state index in [1.807, 2.05) is 0 Å². The lowest BCUT2D eigenvalue weighted by molar-refractivity contribution is -0.119. The highest BCUT2D eigenvalue weighted by Crippen LogP contribution is 2.17. The van der Waals surface area contributed by atoms with Crippen LogP contribution in [0.25, 0.3) is 0 Å². The highest BCUT2D eigenvalue weighted by atomic mass is 19.1. The van der Waals surface area contributed by atoms with Gasteiger partial charge in [0.15, 0.2) is 0 Å². The highest BCUT2D eigenvalue weighted by molar-refractivity contribution is 6.01. The van der Waals surface area contributed by atoms with Gasteiger partial charge < -0.3 is 9.47 Å². The quantitative estimate of drug-likeness (QED) is 0.859. The van der Waals surface area contributed by atoms with Gasteiger partial charge in [-0.2, -0.15) is 9.97 Å². The van der Waals surface area contributed by atoms with E-state index in [0.29, 0.717) is 0 Å². The molecule has 24 heavy (non-hydrogen) atoms. The zero-order chi connectivity index (χ0) is 17.5. The van der Waals surface area contributed by atoms with Crippen molar-refractivity contribution >= 4 is 17.9 Å². The minimum atomic E-state index is -0.855. The third kappa shape index (κ3) is 4.63. The molecule has 0 aliphatic heterocycles. The second-order valence-electron chi connectivity index (χ2n) is 4.55. The summed E-state index contributed by atoms with van der Waals surface area (Å²) < 4.78 is 23.4. The van der Waals surface area contributed by atoms with Gasteiger partial charge in [-0.3, -0.25) is 15.4 Å². The minimum Gasteiger partial charge on any atom is -0.481 e. The van der Waals surface area contributed by atoms with Gasteiger partial charge in [0.25, 0.3) is 0 Å². The number of nitrogens with one attached hydrogen (secondary N) is 2. The fraction of sp³-hybridized carbons (Fsp3) is 0.200. The number of halogens is 1. The lowest BCUT2D eigenvalue weighted by atomic mass is 10.1. The summed E-state index contributed by atoms with van der Waals surface area (Å²) in [6.07, 6.45) is -0.275. The van der Waals surface area contributed by atoms with Crippen LogP contribution in [-0.2, 0) is 11.2 Å². The molecule has 0 bridgehead atoms. The van der Waals surface area contributed by atoms with Crippen LogP contribution in [0.4, 0.5) is 15.1 Å². The molecule has 0 atom stereocenters. The van der Waals surface area contributed by atoms with Crippen LogP contribution in [0.5, 0.6) is 11.8 Å². The monoisotopic (exact) mass is 334 g/mol. The number of hydrogen-bond acceptors (Lipinski definition) is 6. The normalized spacial score (nSPS) is 9.96. The molecule has 3 amide bonds. The Morgan fingerprint density at radius 3 is 2.33 bits per heavy atom. The molecule has 126 valence electrons. The summed E-state index contributed by atoms with van der Waals surface area (Å²) in [7, 11) is 2.78. The molecule has 0 aliphatic carbocycles. The van der Waals surface area contributed by atoms with Crippen LogP contribution >= 0.6 is 0 Å². The second-order valence-corrected chi connectivity index (χ2v) is 4.55. The number of anilines is 1. The lowest BCUT2D eigenvalue weighted by Gasteiger charge is -2.08. The van der Waals surface area contributed by atoms with Gasteiger partial charge >= 0.3 is 6.03 Å². The van der Waals surface area contributed by atoms with E-state index in [4.69, 9.17) is 9.47 Å². The molecule has 0 saturated heterocycles. The van der Waals surface area contributed by atoms with Gasteiger partial charge in [-0.25, -0.2) is 9.18 Å². The standard InChI is InChI=1S/C15H15FN4O4/c1-23-12-8-13(24-2)19-14(18-12)20-15(22)17-11(21)7-9-5-3-4-6-10(9)16/h3-6,8H,7H2,1-2H3,(H2,17,18,19,20,21,22). The number of benzene rings is 1. The number of carbonyl (C=O) groups is 2. The van der Waals surface area contributed by atoms with Gasteiger partial charge in [0.2, 0.25) is 23.6 Å². The van der Waals surface area contributed by atoms with Crippen LogP contribution in [-0.4, -0.2) is 36.1 Å². The predicted molar refractivity (Wildman–Crippen MR) is 82.4 cm³/mol. The Morgan fingerprint density at radius 1 is 1.12 bits per heavy atom. The van der Waals surface area contributed by atoms with E-state index in [-0.39, 0.29) is 29.7 Å². The van der Waals surface area contributed by atoms with Crippen molar-refractivity contribution in [1.29, 1.82) is 0 Å². The van der Waals surface area contributed by atoms with Crippen molar-refractivity contribution in [3.63, 3.8) is 0 Å². The van der Waals surface area contributed by atoms with Crippen molar-refractivity contribution in [3.05, 3.63) is 41.7 Å². The average Bonchev–Trinajstić information content (AvgIpc) is 2.56. The Labute approximate surface area is 137 Å². The van der Waals surface area contributed by atoms with Crippen LogP contribution in [0.15, 0.2) is 30.3 Å². The van der Waals surface area contributed by atoms with E-state index in [9.17, 15) is 14.0 Å². The molecule has 1 aromatic carbocycles. The predicted octanol–water partition coefficient (Wildman–Crippen LogP) is 1.52.